The molecule has 0 aliphatic rings. The Morgan fingerprint density at radius 1 is 0.806 bits per heavy atom. The van der Waals surface area contributed by atoms with Crippen LogP contribution < -0.4 is 21.7 Å². The fourth-order valence-electron chi connectivity index (χ4n) is 2.88. The summed E-state index contributed by atoms with van der Waals surface area (Å²) in [7, 11) is 0. The van der Waals surface area contributed by atoms with Gasteiger partial charge < -0.3 is 31.9 Å². The molecule has 0 saturated carbocycles. The molecule has 3 amide bonds. The lowest BCUT2D eigenvalue weighted by atomic mass is 9.95. The van der Waals surface area contributed by atoms with Gasteiger partial charge in [0.1, 0.15) is 18.1 Å². The number of carbonyl (C=O) groups excluding carboxylic acids is 3. The summed E-state index contributed by atoms with van der Waals surface area (Å²) < 4.78 is 0. The van der Waals surface area contributed by atoms with Crippen molar-refractivity contribution in [3.8, 4) is 0 Å². The summed E-state index contributed by atoms with van der Waals surface area (Å²) in [5.41, 5.74) is 5.96. The molecule has 31 heavy (non-hydrogen) atoms. The van der Waals surface area contributed by atoms with E-state index in [9.17, 15) is 29.4 Å². The standard InChI is InChI=1S/C21H40N4O6/c1-7-12(5)16(22)19(28)25-17(13(6)8-2)20(29)24-15(10-26)18(27)23-14(21(30)31)9-11(3)4/h11-17,26H,7-10,22H2,1-6H3,(H,23,27)(H,24,29)(H,25,28)(H,30,31). The third-order valence-electron chi connectivity index (χ3n) is 5.49. The summed E-state index contributed by atoms with van der Waals surface area (Å²) in [5.74, 6) is -3.45. The molecule has 0 aromatic heterocycles. The number of carbonyl (C=O) groups is 4. The Bertz CT molecular complexity index is 613. The summed E-state index contributed by atoms with van der Waals surface area (Å²) in [5, 5.41) is 26.3. The number of aliphatic hydroxyl groups excluding tert-OH is 1. The molecule has 6 unspecified atom stereocenters. The summed E-state index contributed by atoms with van der Waals surface area (Å²) in [6, 6.07) is -4.24. The van der Waals surface area contributed by atoms with Crippen molar-refractivity contribution in [1.82, 2.24) is 16.0 Å². The molecule has 180 valence electrons. The smallest absolute Gasteiger partial charge is 0.326 e. The first-order valence-electron chi connectivity index (χ1n) is 10.9. The normalized spacial score (nSPS) is 17.1. The third-order valence-corrected chi connectivity index (χ3v) is 5.49. The topological polar surface area (TPSA) is 171 Å². The molecule has 0 bridgehead atoms. The maximum Gasteiger partial charge on any atom is 0.326 e. The Kier molecular flexibility index (Phi) is 13.0. The Morgan fingerprint density at radius 3 is 1.74 bits per heavy atom. The van der Waals surface area contributed by atoms with Gasteiger partial charge in [0.05, 0.1) is 12.6 Å². The minimum Gasteiger partial charge on any atom is -0.480 e. The molecule has 10 heteroatoms. The maximum atomic E-state index is 12.8. The molecule has 6 atom stereocenters. The van der Waals surface area contributed by atoms with Crippen LogP contribution >= 0.6 is 0 Å². The van der Waals surface area contributed by atoms with Crippen molar-refractivity contribution < 1.29 is 29.4 Å². The minimum atomic E-state index is -1.35. The van der Waals surface area contributed by atoms with Crippen LogP contribution in [-0.4, -0.2) is 64.7 Å². The Balaban J connectivity index is 5.33. The summed E-state index contributed by atoms with van der Waals surface area (Å²) in [6.07, 6.45) is 1.47. The first kappa shape index (κ1) is 28.8. The molecule has 7 N–H and O–H groups in total. The zero-order valence-electron chi connectivity index (χ0n) is 19.5. The van der Waals surface area contributed by atoms with Gasteiger partial charge in [0, 0.05) is 0 Å². The predicted octanol–water partition coefficient (Wildman–Crippen LogP) is -0.0167. The highest BCUT2D eigenvalue weighted by Gasteiger charge is 2.33. The van der Waals surface area contributed by atoms with Crippen LogP contribution in [0.1, 0.15) is 60.8 Å². The molecule has 0 fully saturated rings. The average Bonchev–Trinajstić information content (AvgIpc) is 2.72. The van der Waals surface area contributed by atoms with E-state index in [1.54, 1.807) is 6.92 Å². The van der Waals surface area contributed by atoms with Crippen molar-refractivity contribution >= 4 is 23.7 Å². The fraction of sp³-hybridized carbons (Fsp3) is 0.810. The number of hydrogen-bond acceptors (Lipinski definition) is 6. The lowest BCUT2D eigenvalue weighted by Crippen LogP contribution is -2.60. The van der Waals surface area contributed by atoms with E-state index in [0.717, 1.165) is 0 Å². The first-order valence-corrected chi connectivity index (χ1v) is 10.9. The number of amides is 3. The summed E-state index contributed by atoms with van der Waals surface area (Å²) in [4.78, 5) is 49.2. The molecule has 10 nitrogen and oxygen atoms in total. The van der Waals surface area contributed by atoms with Crippen LogP contribution in [0.4, 0.5) is 0 Å². The quantitative estimate of drug-likeness (QED) is 0.219. The predicted molar refractivity (Wildman–Crippen MR) is 117 cm³/mol. The lowest BCUT2D eigenvalue weighted by molar-refractivity contribution is -0.143. The van der Waals surface area contributed by atoms with E-state index in [1.807, 2.05) is 34.6 Å². The van der Waals surface area contributed by atoms with Crippen molar-refractivity contribution in [3.63, 3.8) is 0 Å². The van der Waals surface area contributed by atoms with Crippen molar-refractivity contribution in [3.05, 3.63) is 0 Å². The average molecular weight is 445 g/mol. The van der Waals surface area contributed by atoms with E-state index < -0.39 is 54.5 Å². The van der Waals surface area contributed by atoms with Gasteiger partial charge >= 0.3 is 5.97 Å². The highest BCUT2D eigenvalue weighted by Crippen LogP contribution is 2.11. The minimum absolute atomic E-state index is 0.0169. The second kappa shape index (κ2) is 14.0. The van der Waals surface area contributed by atoms with Crippen LogP contribution in [0.15, 0.2) is 0 Å². The first-order chi connectivity index (χ1) is 14.4. The fourth-order valence-corrected chi connectivity index (χ4v) is 2.88. The van der Waals surface area contributed by atoms with Crippen LogP contribution in [0.5, 0.6) is 0 Å². The van der Waals surface area contributed by atoms with Crippen molar-refractivity contribution in [2.75, 3.05) is 6.61 Å². The second-order valence-electron chi connectivity index (χ2n) is 8.56. The number of carboxylic acid groups (broad SMARTS) is 1. The number of nitrogens with one attached hydrogen (secondary N) is 3. The highest BCUT2D eigenvalue weighted by molar-refractivity contribution is 5.94. The second-order valence-corrected chi connectivity index (χ2v) is 8.56. The van der Waals surface area contributed by atoms with Crippen molar-refractivity contribution in [1.29, 1.82) is 0 Å². The van der Waals surface area contributed by atoms with Crippen LogP contribution in [0, 0.1) is 17.8 Å². The maximum absolute atomic E-state index is 12.8. The van der Waals surface area contributed by atoms with Crippen LogP contribution in [0.3, 0.4) is 0 Å². The summed E-state index contributed by atoms with van der Waals surface area (Å²) >= 11 is 0. The molecular formula is C21H40N4O6. The van der Waals surface area contributed by atoms with E-state index in [0.29, 0.717) is 12.8 Å². The molecule has 0 aliphatic heterocycles. The van der Waals surface area contributed by atoms with Crippen LogP contribution in [0.2, 0.25) is 0 Å². The van der Waals surface area contributed by atoms with E-state index >= 15 is 0 Å². The monoisotopic (exact) mass is 444 g/mol. The molecule has 0 rings (SSSR count). The van der Waals surface area contributed by atoms with E-state index in [1.165, 1.54) is 0 Å². The molecular weight excluding hydrogens is 404 g/mol. The van der Waals surface area contributed by atoms with Crippen molar-refractivity contribution in [2.45, 2.75) is 85.0 Å². The Morgan fingerprint density at radius 2 is 1.32 bits per heavy atom. The molecule has 0 saturated heterocycles. The SMILES string of the molecule is CCC(C)C(N)C(=O)NC(C(=O)NC(CO)C(=O)NC(CC(C)C)C(=O)O)C(C)CC. The van der Waals surface area contributed by atoms with Gasteiger partial charge in [-0.25, -0.2) is 4.79 Å². The Labute approximate surface area is 184 Å². The van der Waals surface area contributed by atoms with E-state index in [-0.39, 0.29) is 24.2 Å². The molecule has 0 aromatic carbocycles. The van der Waals surface area contributed by atoms with Crippen LogP contribution in [0.25, 0.3) is 0 Å². The number of aliphatic carboxylic acids is 1. The zero-order chi connectivity index (χ0) is 24.3. The van der Waals surface area contributed by atoms with Crippen molar-refractivity contribution in [2.24, 2.45) is 23.5 Å². The number of carboxylic acids is 1. The number of hydrogen-bond donors (Lipinski definition) is 6. The van der Waals surface area contributed by atoms with E-state index in [2.05, 4.69) is 16.0 Å². The highest BCUT2D eigenvalue weighted by atomic mass is 16.4. The molecule has 0 aliphatic carbocycles. The van der Waals surface area contributed by atoms with Gasteiger partial charge in [-0.15, -0.1) is 0 Å². The zero-order valence-corrected chi connectivity index (χ0v) is 19.5. The van der Waals surface area contributed by atoms with Gasteiger partial charge in [0.25, 0.3) is 0 Å². The largest absolute Gasteiger partial charge is 0.480 e. The third kappa shape index (κ3) is 9.65. The van der Waals surface area contributed by atoms with Crippen LogP contribution in [-0.2, 0) is 19.2 Å². The van der Waals surface area contributed by atoms with E-state index in [4.69, 9.17) is 5.73 Å². The number of nitrogens with two attached hydrogens (primary N) is 1. The van der Waals surface area contributed by atoms with Gasteiger partial charge in [0.15, 0.2) is 0 Å². The van der Waals surface area contributed by atoms with Gasteiger partial charge in [-0.05, 0) is 24.2 Å². The number of rotatable bonds is 14. The van der Waals surface area contributed by atoms with Gasteiger partial charge in [-0.1, -0.05) is 54.4 Å². The van der Waals surface area contributed by atoms with Gasteiger partial charge in [-0.3, -0.25) is 14.4 Å². The van der Waals surface area contributed by atoms with Gasteiger partial charge in [-0.2, -0.15) is 0 Å². The number of aliphatic hydroxyl groups is 1. The molecule has 0 aromatic rings. The lowest BCUT2D eigenvalue weighted by Gasteiger charge is -2.28. The molecule has 0 heterocycles. The summed E-state index contributed by atoms with van der Waals surface area (Å²) in [6.45, 7) is 10.3. The van der Waals surface area contributed by atoms with Gasteiger partial charge in [0.2, 0.25) is 17.7 Å². The molecule has 0 radical (unpaired) electrons. The Hall–Kier alpha value is -2.20. The molecule has 0 spiro atoms.